The molecule has 0 unspecified atom stereocenters. The quantitative estimate of drug-likeness (QED) is 0.846. The smallest absolute Gasteiger partial charge is 0.243 e. The van der Waals surface area contributed by atoms with E-state index in [2.05, 4.69) is 10.1 Å². The average molecular weight is 349 g/mol. The Labute approximate surface area is 143 Å². The van der Waals surface area contributed by atoms with E-state index >= 15 is 0 Å². The Morgan fingerprint density at radius 2 is 1.92 bits per heavy atom. The van der Waals surface area contributed by atoms with Gasteiger partial charge in [0.1, 0.15) is 5.76 Å². The van der Waals surface area contributed by atoms with E-state index in [1.54, 1.807) is 16.4 Å². The second kappa shape index (κ2) is 7.04. The predicted octanol–water partition coefficient (Wildman–Crippen LogP) is 2.19. The van der Waals surface area contributed by atoms with E-state index in [9.17, 15) is 8.42 Å². The normalized spacial score (nSPS) is 17.8. The molecule has 2 heterocycles. The van der Waals surface area contributed by atoms with E-state index in [0.717, 1.165) is 30.0 Å². The first-order valence-corrected chi connectivity index (χ1v) is 9.61. The van der Waals surface area contributed by atoms with Crippen LogP contribution in [0.2, 0.25) is 0 Å². The van der Waals surface area contributed by atoms with E-state index in [1.807, 2.05) is 32.0 Å². The van der Waals surface area contributed by atoms with Crippen LogP contribution in [0.5, 0.6) is 0 Å². The van der Waals surface area contributed by atoms with Gasteiger partial charge in [-0.3, -0.25) is 4.90 Å². The van der Waals surface area contributed by atoms with Crippen LogP contribution in [-0.4, -0.2) is 49.0 Å². The van der Waals surface area contributed by atoms with Crippen molar-refractivity contribution >= 4 is 10.0 Å². The van der Waals surface area contributed by atoms with Crippen LogP contribution in [0.25, 0.3) is 0 Å². The van der Waals surface area contributed by atoms with Crippen LogP contribution in [-0.2, 0) is 16.6 Å². The van der Waals surface area contributed by atoms with Crippen LogP contribution in [0.4, 0.5) is 0 Å². The second-order valence-electron chi connectivity index (χ2n) is 6.23. The molecule has 3 rings (SSSR count). The molecule has 0 amide bonds. The summed E-state index contributed by atoms with van der Waals surface area (Å²) in [6.45, 7) is 6.98. The third-order valence-electron chi connectivity index (χ3n) is 4.32. The average Bonchev–Trinajstić information content (AvgIpc) is 2.81. The van der Waals surface area contributed by atoms with Gasteiger partial charge in [-0.25, -0.2) is 8.42 Å². The largest absolute Gasteiger partial charge is 0.361 e. The van der Waals surface area contributed by atoms with Crippen LogP contribution >= 0.6 is 0 Å². The van der Waals surface area contributed by atoms with Crippen molar-refractivity contribution in [2.45, 2.75) is 31.7 Å². The predicted molar refractivity (Wildman–Crippen MR) is 91.1 cm³/mol. The van der Waals surface area contributed by atoms with Crippen molar-refractivity contribution in [3.8, 4) is 0 Å². The van der Waals surface area contributed by atoms with Gasteiger partial charge >= 0.3 is 0 Å². The molecule has 1 aliphatic rings. The fourth-order valence-corrected chi connectivity index (χ4v) is 4.75. The first kappa shape index (κ1) is 17.1. The number of aromatic nitrogens is 1. The highest BCUT2D eigenvalue weighted by Crippen LogP contribution is 2.21. The van der Waals surface area contributed by atoms with Gasteiger partial charge in [-0.1, -0.05) is 23.4 Å². The van der Waals surface area contributed by atoms with Crippen molar-refractivity contribution in [1.82, 2.24) is 14.4 Å². The van der Waals surface area contributed by atoms with Gasteiger partial charge in [0, 0.05) is 32.2 Å². The van der Waals surface area contributed by atoms with Crippen LogP contribution in [0.3, 0.4) is 0 Å². The Morgan fingerprint density at radius 1 is 1.12 bits per heavy atom. The highest BCUT2D eigenvalue weighted by atomic mass is 32.2. The number of hydrogen-bond acceptors (Lipinski definition) is 5. The van der Waals surface area contributed by atoms with E-state index in [0.29, 0.717) is 31.1 Å². The summed E-state index contributed by atoms with van der Waals surface area (Å²) in [6.07, 6.45) is 0.807. The molecule has 0 spiro atoms. The first-order valence-electron chi connectivity index (χ1n) is 8.17. The third kappa shape index (κ3) is 3.68. The highest BCUT2D eigenvalue weighted by molar-refractivity contribution is 7.89. The SMILES string of the molecule is Cc1cc(CN2CCCN(S(=O)(=O)c3ccccc3C)CC2)no1. The summed E-state index contributed by atoms with van der Waals surface area (Å²) in [7, 11) is -3.44. The topological polar surface area (TPSA) is 66.7 Å². The number of rotatable bonds is 4. The van der Waals surface area contributed by atoms with Crippen molar-refractivity contribution in [2.75, 3.05) is 26.2 Å². The van der Waals surface area contributed by atoms with Crippen molar-refractivity contribution in [2.24, 2.45) is 0 Å². The lowest BCUT2D eigenvalue weighted by molar-refractivity contribution is 0.268. The van der Waals surface area contributed by atoms with Gasteiger partial charge in [0.15, 0.2) is 0 Å². The van der Waals surface area contributed by atoms with Crippen molar-refractivity contribution in [3.05, 3.63) is 47.3 Å². The fraction of sp³-hybridized carbons (Fsp3) is 0.471. The monoisotopic (exact) mass is 349 g/mol. The summed E-state index contributed by atoms with van der Waals surface area (Å²) in [5.41, 5.74) is 1.68. The molecule has 7 heteroatoms. The molecule has 0 saturated carbocycles. The maximum absolute atomic E-state index is 12.9. The number of nitrogens with zero attached hydrogens (tertiary/aromatic N) is 3. The second-order valence-corrected chi connectivity index (χ2v) is 8.13. The number of benzene rings is 1. The molecule has 0 aliphatic carbocycles. The Bertz CT molecular complexity index is 801. The lowest BCUT2D eigenvalue weighted by atomic mass is 10.2. The molecule has 0 atom stereocenters. The molecule has 0 radical (unpaired) electrons. The molecule has 1 saturated heterocycles. The lowest BCUT2D eigenvalue weighted by Crippen LogP contribution is -2.35. The Morgan fingerprint density at radius 3 is 2.62 bits per heavy atom. The molecule has 6 nitrogen and oxygen atoms in total. The van der Waals surface area contributed by atoms with Gasteiger partial charge in [-0.15, -0.1) is 0 Å². The maximum atomic E-state index is 12.9. The molecule has 130 valence electrons. The minimum atomic E-state index is -3.44. The van der Waals surface area contributed by atoms with Gasteiger partial charge in [-0.2, -0.15) is 4.31 Å². The van der Waals surface area contributed by atoms with E-state index in [1.165, 1.54) is 0 Å². The van der Waals surface area contributed by atoms with E-state index in [-0.39, 0.29) is 0 Å². The summed E-state index contributed by atoms with van der Waals surface area (Å²) in [5, 5.41) is 4.02. The molecule has 24 heavy (non-hydrogen) atoms. The van der Waals surface area contributed by atoms with Crippen LogP contribution in [0.15, 0.2) is 39.8 Å². The van der Waals surface area contributed by atoms with Crippen LogP contribution in [0, 0.1) is 13.8 Å². The fourth-order valence-electron chi connectivity index (χ4n) is 3.05. The van der Waals surface area contributed by atoms with Gasteiger partial charge in [0.2, 0.25) is 10.0 Å². The summed E-state index contributed by atoms with van der Waals surface area (Å²) >= 11 is 0. The van der Waals surface area contributed by atoms with Gasteiger partial charge in [0.05, 0.1) is 10.6 Å². The van der Waals surface area contributed by atoms with Crippen molar-refractivity contribution in [3.63, 3.8) is 0 Å². The zero-order valence-electron chi connectivity index (χ0n) is 14.1. The van der Waals surface area contributed by atoms with Crippen LogP contribution in [0.1, 0.15) is 23.4 Å². The summed E-state index contributed by atoms with van der Waals surface area (Å²) < 4.78 is 32.5. The standard InChI is InChI=1S/C17H23N3O3S/c1-14-6-3-4-7-17(14)24(21,22)20-9-5-8-19(10-11-20)13-16-12-15(2)23-18-16/h3-4,6-7,12H,5,8-11,13H2,1-2H3. The first-order chi connectivity index (χ1) is 11.5. The summed E-state index contributed by atoms with van der Waals surface area (Å²) in [6, 6.07) is 9.08. The Balaban J connectivity index is 1.70. The van der Waals surface area contributed by atoms with Crippen molar-refractivity contribution < 1.29 is 12.9 Å². The summed E-state index contributed by atoms with van der Waals surface area (Å²) in [4.78, 5) is 2.63. The van der Waals surface area contributed by atoms with Gasteiger partial charge in [-0.05, 0) is 38.4 Å². The molecular formula is C17H23N3O3S. The van der Waals surface area contributed by atoms with E-state index in [4.69, 9.17) is 4.52 Å². The van der Waals surface area contributed by atoms with Crippen molar-refractivity contribution in [1.29, 1.82) is 0 Å². The maximum Gasteiger partial charge on any atom is 0.243 e. The lowest BCUT2D eigenvalue weighted by Gasteiger charge is -2.22. The molecular weight excluding hydrogens is 326 g/mol. The summed E-state index contributed by atoms with van der Waals surface area (Å²) in [5.74, 6) is 0.795. The molecule has 0 N–H and O–H groups in total. The highest BCUT2D eigenvalue weighted by Gasteiger charge is 2.28. The molecule has 1 fully saturated rings. The van der Waals surface area contributed by atoms with Crippen LogP contribution < -0.4 is 0 Å². The Kier molecular flexibility index (Phi) is 5.03. The minimum Gasteiger partial charge on any atom is -0.361 e. The van der Waals surface area contributed by atoms with Gasteiger partial charge in [0.25, 0.3) is 0 Å². The zero-order chi connectivity index (χ0) is 17.2. The molecule has 0 bridgehead atoms. The zero-order valence-corrected chi connectivity index (χ0v) is 14.9. The third-order valence-corrected chi connectivity index (χ3v) is 6.38. The molecule has 2 aromatic rings. The molecule has 1 aromatic heterocycles. The van der Waals surface area contributed by atoms with E-state index < -0.39 is 10.0 Å². The Hall–Kier alpha value is -1.70. The minimum absolute atomic E-state index is 0.408. The molecule has 1 aromatic carbocycles. The number of aryl methyl sites for hydroxylation is 2. The number of sulfonamides is 1. The molecule has 1 aliphatic heterocycles. The number of hydrogen-bond donors (Lipinski definition) is 0. The van der Waals surface area contributed by atoms with Gasteiger partial charge < -0.3 is 4.52 Å².